The van der Waals surface area contributed by atoms with Gasteiger partial charge in [-0.05, 0) is 68.6 Å². The lowest BCUT2D eigenvalue weighted by Gasteiger charge is -2.31. The van der Waals surface area contributed by atoms with Crippen LogP contribution in [0.1, 0.15) is 74.5 Å². The molecule has 0 radical (unpaired) electrons. The normalized spacial score (nSPS) is 14.0. The van der Waals surface area contributed by atoms with Gasteiger partial charge >= 0.3 is 0 Å². The molecule has 252 valence electrons. The summed E-state index contributed by atoms with van der Waals surface area (Å²) in [6, 6.07) is 22.3. The molecule has 0 aromatic heterocycles. The maximum Gasteiger partial charge on any atom is 0.261 e. The second kappa shape index (κ2) is 16.1. The predicted molar refractivity (Wildman–Crippen MR) is 192 cm³/mol. The number of hydrogen-bond acceptors (Lipinski definition) is 7. The summed E-state index contributed by atoms with van der Waals surface area (Å²) in [6.45, 7) is 9.25. The van der Waals surface area contributed by atoms with E-state index in [1.165, 1.54) is 22.6 Å². The average Bonchev–Trinajstić information content (AvgIpc) is 3.11. The first-order valence-corrected chi connectivity index (χ1v) is 17.1. The molecule has 4 amide bonds. The van der Waals surface area contributed by atoms with E-state index < -0.39 is 0 Å². The van der Waals surface area contributed by atoms with Gasteiger partial charge in [-0.1, -0.05) is 75.2 Å². The molecular formula is C39H47N5O4. The van der Waals surface area contributed by atoms with Gasteiger partial charge in [0, 0.05) is 72.3 Å². The van der Waals surface area contributed by atoms with Crippen molar-refractivity contribution in [3.63, 3.8) is 0 Å². The Kier molecular flexibility index (Phi) is 11.7. The number of carbonyl (C=O) groups is 4. The maximum atomic E-state index is 13.3. The molecule has 0 unspecified atom stereocenters. The van der Waals surface area contributed by atoms with Crippen molar-refractivity contribution < 1.29 is 19.2 Å². The highest BCUT2D eigenvalue weighted by Gasteiger charge is 2.34. The monoisotopic (exact) mass is 649 g/mol. The number of benzene rings is 4. The Balaban J connectivity index is 0.00000107. The Labute approximate surface area is 283 Å². The van der Waals surface area contributed by atoms with Gasteiger partial charge in [-0.3, -0.25) is 29.0 Å². The highest BCUT2D eigenvalue weighted by molar-refractivity contribution is 6.26. The van der Waals surface area contributed by atoms with Gasteiger partial charge in [-0.25, -0.2) is 0 Å². The zero-order valence-electron chi connectivity index (χ0n) is 28.6. The molecule has 2 aliphatic heterocycles. The fraction of sp³-hybridized carbons (Fsp3) is 0.385. The van der Waals surface area contributed by atoms with Crippen LogP contribution in [0.15, 0.2) is 72.8 Å². The Hall–Kier alpha value is -4.44. The summed E-state index contributed by atoms with van der Waals surface area (Å²) in [7, 11) is 3.90. The van der Waals surface area contributed by atoms with Gasteiger partial charge in [-0.15, -0.1) is 0 Å². The minimum atomic E-state index is -0.244. The molecule has 1 N–H and O–H groups in total. The SMILES string of the molecule is CCCC.CNCCN(CCCN(C)CCN1C(=O)c2cccc3cccc(c23)C1=O)CCN1C(=O)c2cccc3cccc(c23)C1=O. The minimum Gasteiger partial charge on any atom is -0.318 e. The summed E-state index contributed by atoms with van der Waals surface area (Å²) in [5.41, 5.74) is 2.30. The van der Waals surface area contributed by atoms with Crippen LogP contribution in [-0.2, 0) is 0 Å². The third-order valence-corrected chi connectivity index (χ3v) is 9.25. The van der Waals surface area contributed by atoms with Gasteiger partial charge in [0.1, 0.15) is 0 Å². The van der Waals surface area contributed by atoms with E-state index in [0.29, 0.717) is 48.4 Å². The van der Waals surface area contributed by atoms with Crippen molar-refractivity contribution in [1.82, 2.24) is 24.9 Å². The smallest absolute Gasteiger partial charge is 0.261 e. The second-order valence-corrected chi connectivity index (χ2v) is 12.5. The van der Waals surface area contributed by atoms with Crippen LogP contribution in [0, 0.1) is 0 Å². The van der Waals surface area contributed by atoms with Crippen LogP contribution >= 0.6 is 0 Å². The molecule has 9 nitrogen and oxygen atoms in total. The van der Waals surface area contributed by atoms with E-state index in [1.54, 1.807) is 24.3 Å². The van der Waals surface area contributed by atoms with Crippen molar-refractivity contribution in [3.8, 4) is 0 Å². The first-order chi connectivity index (χ1) is 23.3. The van der Waals surface area contributed by atoms with Crippen LogP contribution < -0.4 is 5.32 Å². The summed E-state index contributed by atoms with van der Waals surface area (Å²) in [5, 5.41) is 6.47. The molecular weight excluding hydrogens is 602 g/mol. The van der Waals surface area contributed by atoms with E-state index in [0.717, 1.165) is 54.1 Å². The largest absolute Gasteiger partial charge is 0.318 e. The number of hydrogen-bond donors (Lipinski definition) is 1. The van der Waals surface area contributed by atoms with Crippen LogP contribution in [0.5, 0.6) is 0 Å². The summed E-state index contributed by atoms with van der Waals surface area (Å²) >= 11 is 0. The minimum absolute atomic E-state index is 0.242. The van der Waals surface area contributed by atoms with Crippen molar-refractivity contribution in [2.75, 3.05) is 66.5 Å². The molecule has 4 aromatic rings. The Bertz CT molecular complexity index is 1700. The summed E-state index contributed by atoms with van der Waals surface area (Å²) in [4.78, 5) is 60.2. The quantitative estimate of drug-likeness (QED) is 0.180. The van der Waals surface area contributed by atoms with Crippen LogP contribution in [-0.4, -0.2) is 110 Å². The standard InChI is InChI=1S/C35H37N5O4.C4H10/c1-36-16-19-38(21-23-40-34(43)28-14-5-10-25-11-6-15-29(31(25)28)35(40)44)18-7-17-37(2)20-22-39-32(41)26-12-3-8-24-9-4-13-27(30(24)26)33(39)42;1-3-4-2/h3-6,8-15,36H,7,16-23H2,1-2H3;3-4H2,1-2H3. The van der Waals surface area contributed by atoms with Gasteiger partial charge in [0.05, 0.1) is 0 Å². The van der Waals surface area contributed by atoms with Gasteiger partial charge < -0.3 is 15.1 Å². The van der Waals surface area contributed by atoms with Crippen molar-refractivity contribution in [2.24, 2.45) is 0 Å². The molecule has 48 heavy (non-hydrogen) atoms. The molecule has 0 fully saturated rings. The van der Waals surface area contributed by atoms with Gasteiger partial charge in [0.15, 0.2) is 0 Å². The number of amides is 4. The lowest BCUT2D eigenvalue weighted by Crippen LogP contribution is -2.46. The third kappa shape index (κ3) is 7.33. The fourth-order valence-electron chi connectivity index (χ4n) is 6.36. The van der Waals surface area contributed by atoms with Gasteiger partial charge in [0.25, 0.3) is 23.6 Å². The van der Waals surface area contributed by atoms with E-state index in [4.69, 9.17) is 0 Å². The second-order valence-electron chi connectivity index (χ2n) is 12.5. The topological polar surface area (TPSA) is 93.3 Å². The first-order valence-electron chi connectivity index (χ1n) is 17.1. The lowest BCUT2D eigenvalue weighted by atomic mass is 9.94. The van der Waals surface area contributed by atoms with Crippen molar-refractivity contribution in [1.29, 1.82) is 0 Å². The molecule has 6 rings (SSSR count). The molecule has 0 spiro atoms. The zero-order chi connectivity index (χ0) is 34.2. The van der Waals surface area contributed by atoms with E-state index >= 15 is 0 Å². The van der Waals surface area contributed by atoms with Crippen LogP contribution in [0.3, 0.4) is 0 Å². The predicted octanol–water partition coefficient (Wildman–Crippen LogP) is 5.53. The number of imide groups is 2. The zero-order valence-corrected chi connectivity index (χ0v) is 28.6. The van der Waals surface area contributed by atoms with Crippen LogP contribution in [0.2, 0.25) is 0 Å². The number of carbonyl (C=O) groups excluding carboxylic acids is 4. The Morgan fingerprint density at radius 1 is 0.562 bits per heavy atom. The van der Waals surface area contributed by atoms with Crippen molar-refractivity contribution in [2.45, 2.75) is 33.1 Å². The average molecular weight is 650 g/mol. The van der Waals surface area contributed by atoms with E-state index in [9.17, 15) is 19.2 Å². The third-order valence-electron chi connectivity index (χ3n) is 9.25. The first kappa shape index (κ1) is 34.9. The molecule has 0 saturated heterocycles. The number of rotatable bonds is 14. The van der Waals surface area contributed by atoms with Gasteiger partial charge in [-0.2, -0.15) is 0 Å². The molecule has 4 aromatic carbocycles. The van der Waals surface area contributed by atoms with Crippen LogP contribution in [0.4, 0.5) is 0 Å². The highest BCUT2D eigenvalue weighted by Crippen LogP contribution is 2.31. The number of nitrogens with zero attached hydrogens (tertiary/aromatic N) is 4. The molecule has 0 saturated carbocycles. The lowest BCUT2D eigenvalue weighted by molar-refractivity contribution is 0.0583. The number of likely N-dealkylation sites (N-methyl/N-ethyl adjacent to an activating group) is 2. The molecule has 0 aliphatic carbocycles. The van der Waals surface area contributed by atoms with Crippen molar-refractivity contribution >= 4 is 45.2 Å². The summed E-state index contributed by atoms with van der Waals surface area (Å²) < 4.78 is 0. The molecule has 0 atom stereocenters. The van der Waals surface area contributed by atoms with E-state index in [2.05, 4.69) is 29.0 Å². The van der Waals surface area contributed by atoms with Crippen molar-refractivity contribution in [3.05, 3.63) is 95.1 Å². The molecule has 2 heterocycles. The Morgan fingerprint density at radius 3 is 1.38 bits per heavy atom. The Morgan fingerprint density at radius 2 is 0.979 bits per heavy atom. The maximum absolute atomic E-state index is 13.3. The van der Waals surface area contributed by atoms with E-state index in [1.807, 2.05) is 62.6 Å². The number of nitrogens with one attached hydrogen (secondary N) is 1. The van der Waals surface area contributed by atoms with Crippen LogP contribution in [0.25, 0.3) is 21.5 Å². The highest BCUT2D eigenvalue weighted by atomic mass is 16.2. The molecule has 0 bridgehead atoms. The van der Waals surface area contributed by atoms with Gasteiger partial charge in [0.2, 0.25) is 0 Å². The summed E-state index contributed by atoms with van der Waals surface area (Å²) in [5.74, 6) is -0.972. The fourth-order valence-corrected chi connectivity index (χ4v) is 6.36. The summed E-state index contributed by atoms with van der Waals surface area (Å²) in [6.07, 6.45) is 3.49. The van der Waals surface area contributed by atoms with E-state index in [-0.39, 0.29) is 23.6 Å². The number of unbranched alkanes of at least 4 members (excludes halogenated alkanes) is 1. The molecule has 2 aliphatic rings. The molecule has 9 heteroatoms.